The molecule has 0 unspecified atom stereocenters. The van der Waals surface area contributed by atoms with Crippen LogP contribution < -0.4 is 52.2 Å². The van der Waals surface area contributed by atoms with Crippen LogP contribution in [0.2, 0.25) is 0 Å². The van der Waals surface area contributed by atoms with E-state index in [0.29, 0.717) is 0 Å². The van der Waals surface area contributed by atoms with Gasteiger partial charge in [0, 0.05) is 86.2 Å². The van der Waals surface area contributed by atoms with Gasteiger partial charge in [-0.15, -0.1) is 22.7 Å². The molecule has 12 aromatic rings. The van der Waals surface area contributed by atoms with Crippen LogP contribution in [0.15, 0.2) is 212 Å². The summed E-state index contributed by atoms with van der Waals surface area (Å²) in [5, 5.41) is 5.20. The number of thiophene rings is 2. The van der Waals surface area contributed by atoms with Gasteiger partial charge in [-0.25, -0.2) is 0 Å². The van der Waals surface area contributed by atoms with Crippen molar-refractivity contribution in [3.8, 4) is 11.5 Å². The largest absolute Gasteiger partial charge is 0.458 e. The number of anilines is 9. The molecular weight excluding hydrogens is 864 g/mol. The Morgan fingerprint density at radius 1 is 0.324 bits per heavy atom. The highest BCUT2D eigenvalue weighted by atomic mass is 32.1. The summed E-state index contributed by atoms with van der Waals surface area (Å²) in [5.41, 5.74) is 18.2. The van der Waals surface area contributed by atoms with E-state index in [4.69, 9.17) is 4.74 Å². The summed E-state index contributed by atoms with van der Waals surface area (Å²) in [5.74, 6) is 1.80. The van der Waals surface area contributed by atoms with Gasteiger partial charge in [-0.1, -0.05) is 121 Å². The van der Waals surface area contributed by atoms with Crippen LogP contribution in [0.1, 0.15) is 0 Å². The van der Waals surface area contributed by atoms with Gasteiger partial charge in [-0.05, 0) is 118 Å². The zero-order valence-corrected chi connectivity index (χ0v) is 38.1. The van der Waals surface area contributed by atoms with Crippen molar-refractivity contribution in [1.29, 1.82) is 0 Å². The summed E-state index contributed by atoms with van der Waals surface area (Å²) in [6, 6.07) is 78.7. The third-order valence-corrected chi connectivity index (χ3v) is 17.1. The number of rotatable bonds is 3. The molecule has 0 fully saturated rings. The smallest absolute Gasteiger partial charge is 0.256 e. The topological polar surface area (TPSA) is 19.0 Å². The number of hydrogen-bond acceptors (Lipinski definition) is 6. The summed E-state index contributed by atoms with van der Waals surface area (Å²) in [4.78, 5) is 7.54. The molecule has 0 bridgehead atoms. The first-order valence-corrected chi connectivity index (χ1v) is 25.0. The van der Waals surface area contributed by atoms with Gasteiger partial charge < -0.3 is 19.4 Å². The molecule has 0 spiro atoms. The van der Waals surface area contributed by atoms with Crippen LogP contribution in [0.25, 0.3) is 40.3 Å². The van der Waals surface area contributed by atoms with E-state index in [1.165, 1.54) is 95.9 Å². The standard InChI is InChI=1S/C60H35B2N3OS2/c1-4-16-36(17-5-1)63-45-24-14-25-46-57(45)61(41-30-32-53-55(39-22-10-12-28-51(39)67-53)59(41)64(46)37-18-6-2-7-19-37)43-34-44-50(35-48(43)63)66-49-27-15-26-47-58(49)62(44)42-31-33-54-56(40-23-11-13-29-52(40)68-54)60(42)65(47)38-20-8-3-9-21-38/h1-35H. The van der Waals surface area contributed by atoms with Gasteiger partial charge in [0.05, 0.1) is 11.4 Å². The van der Waals surface area contributed by atoms with E-state index >= 15 is 0 Å². The number of ether oxygens (including phenoxy) is 1. The first-order valence-electron chi connectivity index (χ1n) is 23.3. The summed E-state index contributed by atoms with van der Waals surface area (Å²) >= 11 is 3.76. The lowest BCUT2D eigenvalue weighted by molar-refractivity contribution is 0.488. The number of benzene rings is 10. The highest BCUT2D eigenvalue weighted by Crippen LogP contribution is 2.51. The Kier molecular flexibility index (Phi) is 7.51. The van der Waals surface area contributed by atoms with Crippen LogP contribution in [0.4, 0.5) is 51.2 Å². The first kappa shape index (κ1) is 37.1. The lowest BCUT2D eigenvalue weighted by atomic mass is 9.30. The Balaban J connectivity index is 1.02. The number of para-hydroxylation sites is 3. The van der Waals surface area contributed by atoms with E-state index in [1.807, 2.05) is 22.7 Å². The van der Waals surface area contributed by atoms with E-state index in [-0.39, 0.29) is 13.4 Å². The molecule has 6 heterocycles. The normalized spacial score (nSPS) is 13.9. The van der Waals surface area contributed by atoms with Gasteiger partial charge in [0.2, 0.25) is 0 Å². The van der Waals surface area contributed by atoms with Crippen LogP contribution in [0.3, 0.4) is 0 Å². The zero-order chi connectivity index (χ0) is 44.2. The maximum absolute atomic E-state index is 7.29. The van der Waals surface area contributed by atoms with Crippen molar-refractivity contribution >= 4 is 160 Å². The monoisotopic (exact) mass is 899 g/mol. The second-order valence-electron chi connectivity index (χ2n) is 18.3. The molecule has 4 nitrogen and oxygen atoms in total. The van der Waals surface area contributed by atoms with E-state index in [1.54, 1.807) is 0 Å². The van der Waals surface area contributed by atoms with Crippen LogP contribution in [0.5, 0.6) is 11.5 Å². The highest BCUT2D eigenvalue weighted by Gasteiger charge is 2.48. The van der Waals surface area contributed by atoms with Crippen molar-refractivity contribution in [3.63, 3.8) is 0 Å². The molecular formula is C60H35B2N3OS2. The molecule has 0 saturated heterocycles. The lowest BCUT2D eigenvalue weighted by Gasteiger charge is -2.45. The highest BCUT2D eigenvalue weighted by molar-refractivity contribution is 7.26. The van der Waals surface area contributed by atoms with Gasteiger partial charge in [-0.3, -0.25) is 0 Å². The number of fused-ring (bicyclic) bond motifs is 16. The van der Waals surface area contributed by atoms with Crippen LogP contribution >= 0.6 is 22.7 Å². The van der Waals surface area contributed by atoms with E-state index in [2.05, 4.69) is 227 Å². The van der Waals surface area contributed by atoms with Crippen molar-refractivity contribution in [1.82, 2.24) is 0 Å². The number of hydrogen-bond donors (Lipinski definition) is 0. The fourth-order valence-corrected chi connectivity index (χ4v) is 14.5. The fraction of sp³-hybridized carbons (Fsp3) is 0. The lowest BCUT2D eigenvalue weighted by Crippen LogP contribution is -2.64. The molecule has 10 aromatic carbocycles. The van der Waals surface area contributed by atoms with E-state index < -0.39 is 0 Å². The van der Waals surface area contributed by atoms with Gasteiger partial charge in [0.1, 0.15) is 11.5 Å². The summed E-state index contributed by atoms with van der Waals surface area (Å²) in [6.07, 6.45) is 0. The molecule has 0 saturated carbocycles. The maximum atomic E-state index is 7.29. The molecule has 314 valence electrons. The third kappa shape index (κ3) is 4.90. The minimum atomic E-state index is -0.0812. The van der Waals surface area contributed by atoms with Crippen molar-refractivity contribution < 1.29 is 4.74 Å². The molecule has 0 atom stereocenters. The molecule has 8 heteroatoms. The summed E-state index contributed by atoms with van der Waals surface area (Å²) in [6.45, 7) is -0.148. The maximum Gasteiger partial charge on any atom is 0.256 e. The number of nitrogens with zero attached hydrogens (tertiary/aromatic N) is 3. The summed E-state index contributed by atoms with van der Waals surface area (Å²) < 4.78 is 12.5. The molecule has 16 rings (SSSR count). The fourth-order valence-electron chi connectivity index (χ4n) is 12.2. The average Bonchev–Trinajstić information content (AvgIpc) is 3.98. The molecule has 2 aromatic heterocycles. The Labute approximate surface area is 401 Å². The van der Waals surface area contributed by atoms with Crippen molar-refractivity contribution in [3.05, 3.63) is 212 Å². The van der Waals surface area contributed by atoms with Gasteiger partial charge in [0.25, 0.3) is 13.4 Å². The zero-order valence-electron chi connectivity index (χ0n) is 36.4. The second kappa shape index (κ2) is 13.8. The Hall–Kier alpha value is -8.03. The minimum absolute atomic E-state index is 0.0664. The summed E-state index contributed by atoms with van der Waals surface area (Å²) in [7, 11) is 0. The van der Waals surface area contributed by atoms with Crippen LogP contribution in [0, 0.1) is 0 Å². The van der Waals surface area contributed by atoms with Gasteiger partial charge in [0.15, 0.2) is 0 Å². The molecule has 0 amide bonds. The van der Waals surface area contributed by atoms with Crippen LogP contribution in [-0.4, -0.2) is 13.4 Å². The molecule has 4 aliphatic heterocycles. The minimum Gasteiger partial charge on any atom is -0.458 e. The molecule has 0 N–H and O–H groups in total. The molecule has 68 heavy (non-hydrogen) atoms. The van der Waals surface area contributed by atoms with Crippen molar-refractivity contribution in [2.75, 3.05) is 14.7 Å². The van der Waals surface area contributed by atoms with Crippen LogP contribution in [-0.2, 0) is 0 Å². The van der Waals surface area contributed by atoms with Gasteiger partial charge in [-0.2, -0.15) is 0 Å². The third-order valence-electron chi connectivity index (χ3n) is 14.9. The average molecular weight is 900 g/mol. The molecule has 0 radical (unpaired) electrons. The Morgan fingerprint density at radius 2 is 0.794 bits per heavy atom. The van der Waals surface area contributed by atoms with Crippen molar-refractivity contribution in [2.45, 2.75) is 0 Å². The van der Waals surface area contributed by atoms with E-state index in [9.17, 15) is 0 Å². The second-order valence-corrected chi connectivity index (χ2v) is 20.4. The Morgan fingerprint density at radius 3 is 1.37 bits per heavy atom. The molecule has 4 aliphatic rings. The van der Waals surface area contributed by atoms with Gasteiger partial charge >= 0.3 is 0 Å². The van der Waals surface area contributed by atoms with E-state index in [0.717, 1.165) is 39.9 Å². The van der Waals surface area contributed by atoms with Crippen molar-refractivity contribution in [2.24, 2.45) is 0 Å². The Bertz CT molecular complexity index is 4120. The molecule has 0 aliphatic carbocycles. The quantitative estimate of drug-likeness (QED) is 0.164. The predicted octanol–water partition coefficient (Wildman–Crippen LogP) is 12.9. The first-order chi connectivity index (χ1) is 33.8. The predicted molar refractivity (Wildman–Crippen MR) is 292 cm³/mol. The SMILES string of the molecule is c1ccc(N2c3cc4c(cc3B3c5ccc6sc7ccccc7c6c5N(c5ccccc5)c5cccc2c53)B2c3ccc5sc6ccccc6c5c3N(c3ccccc3)c3cccc(c32)O4)cc1.